The minimum absolute atomic E-state index is 0.0961. The Morgan fingerprint density at radius 3 is 2.89 bits per heavy atom. The van der Waals surface area contributed by atoms with Crippen molar-refractivity contribution in [2.24, 2.45) is 11.8 Å². The third kappa shape index (κ3) is 3.37. The number of carbonyl (C=O) groups is 1. The lowest BCUT2D eigenvalue weighted by Gasteiger charge is -2.11. The summed E-state index contributed by atoms with van der Waals surface area (Å²) in [5.74, 6) is 1.47. The van der Waals surface area contributed by atoms with Crippen LogP contribution in [-0.2, 0) is 0 Å². The Bertz CT molecular complexity index is 447. The number of nitrogens with one attached hydrogen (secondary N) is 1. The third-order valence-electron chi connectivity index (χ3n) is 3.56. The van der Waals surface area contributed by atoms with Crippen molar-refractivity contribution in [1.82, 2.24) is 5.32 Å². The number of amides is 1. The molecule has 1 aliphatic rings. The highest BCUT2D eigenvalue weighted by atomic mass is 127. The van der Waals surface area contributed by atoms with Crippen LogP contribution in [0.3, 0.4) is 0 Å². The van der Waals surface area contributed by atoms with Crippen LogP contribution < -0.4 is 5.32 Å². The van der Waals surface area contributed by atoms with Crippen LogP contribution in [0, 0.1) is 15.4 Å². The smallest absolute Gasteiger partial charge is 0.251 e. The molecule has 1 amide bonds. The lowest BCUT2D eigenvalue weighted by molar-refractivity contribution is 0.0946. The maximum Gasteiger partial charge on any atom is 0.251 e. The maximum atomic E-state index is 11.9. The molecule has 1 aromatic carbocycles. The second kappa shape index (κ2) is 5.91. The topological polar surface area (TPSA) is 49.3 Å². The molecule has 3 nitrogen and oxygen atoms in total. The lowest BCUT2D eigenvalue weighted by Crippen LogP contribution is -2.28. The van der Waals surface area contributed by atoms with E-state index in [-0.39, 0.29) is 11.7 Å². The molecule has 2 unspecified atom stereocenters. The fourth-order valence-electron chi connectivity index (χ4n) is 2.50. The third-order valence-corrected chi connectivity index (χ3v) is 4.48. The Hall–Kier alpha value is -0.780. The van der Waals surface area contributed by atoms with Crippen LogP contribution in [0.2, 0.25) is 0 Å². The summed E-state index contributed by atoms with van der Waals surface area (Å²) in [4.78, 5) is 11.9. The monoisotopic (exact) mass is 359 g/mol. The molecule has 98 valence electrons. The molecule has 0 saturated heterocycles. The molecule has 0 aliphatic heterocycles. The predicted octanol–water partition coefficient (Wildman–Crippen LogP) is 3.16. The quantitative estimate of drug-likeness (QED) is 0.815. The van der Waals surface area contributed by atoms with E-state index in [1.54, 1.807) is 12.1 Å². The first-order chi connectivity index (χ1) is 8.56. The molecule has 0 spiro atoms. The zero-order chi connectivity index (χ0) is 13.1. The summed E-state index contributed by atoms with van der Waals surface area (Å²) in [5, 5.41) is 12.5. The second-order valence-corrected chi connectivity index (χ2v) is 6.32. The number of hydrogen-bond donors (Lipinski definition) is 2. The van der Waals surface area contributed by atoms with E-state index in [4.69, 9.17) is 0 Å². The minimum Gasteiger partial charge on any atom is -0.507 e. The van der Waals surface area contributed by atoms with Gasteiger partial charge in [0.2, 0.25) is 0 Å². The highest BCUT2D eigenvalue weighted by molar-refractivity contribution is 14.1. The molecule has 0 aromatic heterocycles. The average molecular weight is 359 g/mol. The first-order valence-electron chi connectivity index (χ1n) is 6.33. The van der Waals surface area contributed by atoms with Gasteiger partial charge in [-0.1, -0.05) is 13.3 Å². The number of phenols is 1. The van der Waals surface area contributed by atoms with Crippen molar-refractivity contribution in [2.45, 2.75) is 26.2 Å². The van der Waals surface area contributed by atoms with Crippen molar-refractivity contribution in [3.8, 4) is 5.75 Å². The van der Waals surface area contributed by atoms with Gasteiger partial charge in [-0.15, -0.1) is 0 Å². The van der Waals surface area contributed by atoms with Gasteiger partial charge in [-0.2, -0.15) is 0 Å². The number of phenolic OH excluding ortho intramolecular Hbond substituents is 1. The van der Waals surface area contributed by atoms with Crippen LogP contribution in [0.15, 0.2) is 18.2 Å². The molecule has 1 aliphatic carbocycles. The second-order valence-electron chi connectivity index (χ2n) is 5.16. The molecule has 2 atom stereocenters. The van der Waals surface area contributed by atoms with E-state index in [2.05, 4.69) is 12.2 Å². The van der Waals surface area contributed by atoms with Gasteiger partial charge in [0.25, 0.3) is 5.91 Å². The van der Waals surface area contributed by atoms with E-state index in [0.717, 1.165) is 16.0 Å². The summed E-state index contributed by atoms with van der Waals surface area (Å²) in [6.07, 6.45) is 3.68. The number of hydrogen-bond acceptors (Lipinski definition) is 2. The largest absolute Gasteiger partial charge is 0.507 e. The molecule has 4 heteroatoms. The van der Waals surface area contributed by atoms with Crippen LogP contribution in [0.1, 0.15) is 36.5 Å². The van der Waals surface area contributed by atoms with Gasteiger partial charge in [-0.05, 0) is 65.5 Å². The highest BCUT2D eigenvalue weighted by Gasteiger charge is 2.21. The van der Waals surface area contributed by atoms with Gasteiger partial charge in [0, 0.05) is 12.1 Å². The first-order valence-corrected chi connectivity index (χ1v) is 7.41. The summed E-state index contributed by atoms with van der Waals surface area (Å²) >= 11 is 2.04. The molecule has 1 aromatic rings. The van der Waals surface area contributed by atoms with Gasteiger partial charge in [-0.3, -0.25) is 4.79 Å². The molecule has 2 rings (SSSR count). The molecule has 2 N–H and O–H groups in total. The standard InChI is InChI=1S/C14H18INO2/c1-9-2-3-10(6-9)8-16-14(18)11-4-5-12(15)13(17)7-11/h4-5,7,9-10,17H,2-3,6,8H2,1H3,(H,16,18). The predicted molar refractivity (Wildman–Crippen MR) is 79.7 cm³/mol. The van der Waals surface area contributed by atoms with Crippen LogP contribution in [0.25, 0.3) is 0 Å². The van der Waals surface area contributed by atoms with E-state index in [0.29, 0.717) is 11.5 Å². The number of aromatic hydroxyl groups is 1. The van der Waals surface area contributed by atoms with Crippen LogP contribution in [0.5, 0.6) is 5.75 Å². The molecule has 0 radical (unpaired) electrons. The van der Waals surface area contributed by atoms with Crippen molar-refractivity contribution >= 4 is 28.5 Å². The van der Waals surface area contributed by atoms with E-state index in [1.807, 2.05) is 22.6 Å². The summed E-state index contributed by atoms with van der Waals surface area (Å²) in [6, 6.07) is 5.02. The maximum absolute atomic E-state index is 11.9. The fourth-order valence-corrected chi connectivity index (χ4v) is 2.84. The minimum atomic E-state index is -0.0961. The van der Waals surface area contributed by atoms with Gasteiger partial charge in [0.15, 0.2) is 0 Å². The average Bonchev–Trinajstić information content (AvgIpc) is 2.75. The van der Waals surface area contributed by atoms with E-state index < -0.39 is 0 Å². The lowest BCUT2D eigenvalue weighted by atomic mass is 10.1. The van der Waals surface area contributed by atoms with Gasteiger partial charge in [0.1, 0.15) is 5.75 Å². The Morgan fingerprint density at radius 2 is 2.28 bits per heavy atom. The molecule has 18 heavy (non-hydrogen) atoms. The fraction of sp³-hybridized carbons (Fsp3) is 0.500. The Kier molecular flexibility index (Phi) is 4.48. The van der Waals surface area contributed by atoms with Crippen molar-refractivity contribution in [3.63, 3.8) is 0 Å². The molecule has 0 heterocycles. The number of benzene rings is 1. The Morgan fingerprint density at radius 1 is 1.50 bits per heavy atom. The number of rotatable bonds is 3. The molecule has 1 fully saturated rings. The van der Waals surface area contributed by atoms with Gasteiger partial charge in [0.05, 0.1) is 3.57 Å². The summed E-state index contributed by atoms with van der Waals surface area (Å²) in [5.41, 5.74) is 0.527. The van der Waals surface area contributed by atoms with Crippen LogP contribution in [-0.4, -0.2) is 17.6 Å². The summed E-state index contributed by atoms with van der Waals surface area (Å²) in [7, 11) is 0. The van der Waals surface area contributed by atoms with Crippen molar-refractivity contribution < 1.29 is 9.90 Å². The molecule has 1 saturated carbocycles. The van der Waals surface area contributed by atoms with Gasteiger partial charge in [-0.25, -0.2) is 0 Å². The first kappa shape index (κ1) is 13.6. The highest BCUT2D eigenvalue weighted by Crippen LogP contribution is 2.29. The van der Waals surface area contributed by atoms with Gasteiger partial charge < -0.3 is 10.4 Å². The number of halogens is 1. The van der Waals surface area contributed by atoms with E-state index >= 15 is 0 Å². The summed E-state index contributed by atoms with van der Waals surface area (Å²) < 4.78 is 0.758. The van der Waals surface area contributed by atoms with Gasteiger partial charge >= 0.3 is 0 Å². The number of carbonyl (C=O) groups excluding carboxylic acids is 1. The SMILES string of the molecule is CC1CCC(CNC(=O)c2ccc(I)c(O)c2)C1. The van der Waals surface area contributed by atoms with Crippen LogP contribution in [0.4, 0.5) is 0 Å². The van der Waals surface area contributed by atoms with Crippen molar-refractivity contribution in [1.29, 1.82) is 0 Å². The summed E-state index contributed by atoms with van der Waals surface area (Å²) in [6.45, 7) is 3.01. The normalized spacial score (nSPS) is 23.0. The van der Waals surface area contributed by atoms with Crippen molar-refractivity contribution in [3.05, 3.63) is 27.3 Å². The van der Waals surface area contributed by atoms with E-state index in [9.17, 15) is 9.90 Å². The van der Waals surface area contributed by atoms with E-state index in [1.165, 1.54) is 25.3 Å². The Balaban J connectivity index is 1.89. The van der Waals surface area contributed by atoms with Crippen molar-refractivity contribution in [2.75, 3.05) is 6.54 Å². The molecular formula is C14H18INO2. The van der Waals surface area contributed by atoms with Crippen LogP contribution >= 0.6 is 22.6 Å². The zero-order valence-electron chi connectivity index (χ0n) is 10.4. The molecule has 0 bridgehead atoms. The molecular weight excluding hydrogens is 341 g/mol. The zero-order valence-corrected chi connectivity index (χ0v) is 12.6. The Labute approximate surface area is 121 Å².